The van der Waals surface area contributed by atoms with Crippen LogP contribution in [0.2, 0.25) is 0 Å². The van der Waals surface area contributed by atoms with E-state index in [-0.39, 0.29) is 24.1 Å². The smallest absolute Gasteiger partial charge is 0.237 e. The molecule has 1 aliphatic rings. The molecule has 0 aromatic carbocycles. The summed E-state index contributed by atoms with van der Waals surface area (Å²) in [5.41, 5.74) is 0. The summed E-state index contributed by atoms with van der Waals surface area (Å²) >= 11 is 0. The quantitative estimate of drug-likeness (QED) is 0.646. The molecular weight excluding hydrogens is 228 g/mol. The van der Waals surface area contributed by atoms with Crippen molar-refractivity contribution in [1.82, 2.24) is 10.6 Å². The first-order valence-corrected chi connectivity index (χ1v) is 7.21. The Morgan fingerprint density at radius 2 is 1.89 bits per heavy atom. The van der Waals surface area contributed by atoms with Crippen molar-refractivity contribution in [2.24, 2.45) is 5.92 Å². The summed E-state index contributed by atoms with van der Waals surface area (Å²) in [7, 11) is 0. The SMILES string of the molecule is CC(C)NC(=O)C(C)NCC(O)CC1CCCC1. The van der Waals surface area contributed by atoms with Crippen LogP contribution < -0.4 is 10.6 Å². The van der Waals surface area contributed by atoms with E-state index in [0.29, 0.717) is 12.5 Å². The zero-order valence-corrected chi connectivity index (χ0v) is 11.9. The second kappa shape index (κ2) is 7.74. The van der Waals surface area contributed by atoms with Gasteiger partial charge in [0.1, 0.15) is 0 Å². The zero-order valence-electron chi connectivity index (χ0n) is 11.9. The van der Waals surface area contributed by atoms with E-state index in [4.69, 9.17) is 0 Å². The lowest BCUT2D eigenvalue weighted by Crippen LogP contribution is -2.46. The largest absolute Gasteiger partial charge is 0.392 e. The van der Waals surface area contributed by atoms with Gasteiger partial charge in [-0.1, -0.05) is 25.7 Å². The monoisotopic (exact) mass is 256 g/mol. The fourth-order valence-corrected chi connectivity index (χ4v) is 2.53. The predicted molar refractivity (Wildman–Crippen MR) is 73.3 cm³/mol. The molecule has 1 aliphatic carbocycles. The van der Waals surface area contributed by atoms with E-state index in [9.17, 15) is 9.90 Å². The van der Waals surface area contributed by atoms with Crippen molar-refractivity contribution in [2.45, 2.75) is 71.1 Å². The Morgan fingerprint density at radius 3 is 2.44 bits per heavy atom. The molecule has 1 rings (SSSR count). The third kappa shape index (κ3) is 5.83. The summed E-state index contributed by atoms with van der Waals surface area (Å²) in [6, 6.07) is -0.0872. The lowest BCUT2D eigenvalue weighted by molar-refractivity contribution is -0.123. The molecule has 0 bridgehead atoms. The van der Waals surface area contributed by atoms with E-state index in [1.807, 2.05) is 20.8 Å². The number of amides is 1. The second-order valence-corrected chi connectivity index (χ2v) is 5.83. The summed E-state index contributed by atoms with van der Waals surface area (Å²) in [6.45, 7) is 6.22. The maximum absolute atomic E-state index is 11.7. The van der Waals surface area contributed by atoms with Gasteiger partial charge in [-0.15, -0.1) is 0 Å². The van der Waals surface area contributed by atoms with E-state index in [2.05, 4.69) is 10.6 Å². The predicted octanol–water partition coefficient (Wildman–Crippen LogP) is 1.43. The van der Waals surface area contributed by atoms with Crippen LogP contribution in [0, 0.1) is 5.92 Å². The third-order valence-electron chi connectivity index (χ3n) is 3.56. The van der Waals surface area contributed by atoms with Gasteiger partial charge in [-0.05, 0) is 33.1 Å². The van der Waals surface area contributed by atoms with Gasteiger partial charge in [-0.3, -0.25) is 4.79 Å². The maximum Gasteiger partial charge on any atom is 0.237 e. The minimum Gasteiger partial charge on any atom is -0.392 e. The lowest BCUT2D eigenvalue weighted by atomic mass is 10.00. The standard InChI is InChI=1S/C14H28N2O2/c1-10(2)16-14(18)11(3)15-9-13(17)8-12-6-4-5-7-12/h10-13,15,17H,4-9H2,1-3H3,(H,16,18). The Bertz CT molecular complexity index is 250. The Labute approximate surface area is 111 Å². The van der Waals surface area contributed by atoms with Crippen LogP contribution in [-0.4, -0.2) is 35.7 Å². The van der Waals surface area contributed by atoms with Crippen molar-refractivity contribution >= 4 is 5.91 Å². The molecule has 4 nitrogen and oxygen atoms in total. The van der Waals surface area contributed by atoms with Gasteiger partial charge in [-0.25, -0.2) is 0 Å². The molecule has 0 aromatic heterocycles. The summed E-state index contributed by atoms with van der Waals surface area (Å²) in [5, 5.41) is 15.9. The van der Waals surface area contributed by atoms with Crippen LogP contribution in [0.25, 0.3) is 0 Å². The van der Waals surface area contributed by atoms with Crippen LogP contribution >= 0.6 is 0 Å². The van der Waals surface area contributed by atoms with Gasteiger partial charge < -0.3 is 15.7 Å². The Morgan fingerprint density at radius 1 is 1.28 bits per heavy atom. The average Bonchev–Trinajstić information content (AvgIpc) is 2.77. The fourth-order valence-electron chi connectivity index (χ4n) is 2.53. The molecule has 0 aliphatic heterocycles. The topological polar surface area (TPSA) is 61.4 Å². The van der Waals surface area contributed by atoms with Crippen molar-refractivity contribution in [2.75, 3.05) is 6.54 Å². The number of carbonyl (C=O) groups is 1. The molecule has 0 spiro atoms. The summed E-state index contributed by atoms with van der Waals surface area (Å²) in [6.07, 6.45) is 5.64. The molecule has 106 valence electrons. The highest BCUT2D eigenvalue weighted by Gasteiger charge is 2.20. The first-order chi connectivity index (χ1) is 8.49. The number of carbonyl (C=O) groups excluding carboxylic acids is 1. The van der Waals surface area contributed by atoms with Gasteiger partial charge in [0, 0.05) is 12.6 Å². The van der Waals surface area contributed by atoms with Crippen molar-refractivity contribution in [3.8, 4) is 0 Å². The van der Waals surface area contributed by atoms with Crippen molar-refractivity contribution in [1.29, 1.82) is 0 Å². The summed E-state index contributed by atoms with van der Waals surface area (Å²) < 4.78 is 0. The van der Waals surface area contributed by atoms with E-state index >= 15 is 0 Å². The van der Waals surface area contributed by atoms with E-state index < -0.39 is 0 Å². The first kappa shape index (κ1) is 15.4. The molecule has 0 saturated heterocycles. The molecule has 0 radical (unpaired) electrons. The van der Waals surface area contributed by atoms with Gasteiger partial charge in [0.2, 0.25) is 5.91 Å². The molecule has 1 saturated carbocycles. The lowest BCUT2D eigenvalue weighted by Gasteiger charge is -2.20. The molecule has 4 heteroatoms. The van der Waals surface area contributed by atoms with E-state index in [0.717, 1.165) is 6.42 Å². The van der Waals surface area contributed by atoms with Gasteiger partial charge in [0.05, 0.1) is 12.1 Å². The van der Waals surface area contributed by atoms with E-state index in [1.54, 1.807) is 0 Å². The normalized spacial score (nSPS) is 20.1. The number of hydrogen-bond donors (Lipinski definition) is 3. The molecule has 18 heavy (non-hydrogen) atoms. The van der Waals surface area contributed by atoms with Crippen molar-refractivity contribution in [3.63, 3.8) is 0 Å². The van der Waals surface area contributed by atoms with Crippen LogP contribution in [0.4, 0.5) is 0 Å². The minimum atomic E-state index is -0.331. The van der Waals surface area contributed by atoms with Crippen LogP contribution in [-0.2, 0) is 4.79 Å². The molecule has 1 fully saturated rings. The number of nitrogens with one attached hydrogen (secondary N) is 2. The van der Waals surface area contributed by atoms with Gasteiger partial charge in [0.15, 0.2) is 0 Å². The highest BCUT2D eigenvalue weighted by Crippen LogP contribution is 2.28. The molecule has 2 unspecified atom stereocenters. The highest BCUT2D eigenvalue weighted by molar-refractivity contribution is 5.81. The summed E-state index contributed by atoms with van der Waals surface area (Å²) in [4.78, 5) is 11.7. The second-order valence-electron chi connectivity index (χ2n) is 5.83. The molecule has 1 amide bonds. The fraction of sp³-hybridized carbons (Fsp3) is 0.929. The Balaban J connectivity index is 2.16. The van der Waals surface area contributed by atoms with Gasteiger partial charge >= 0.3 is 0 Å². The Kier molecular flexibility index (Phi) is 6.65. The first-order valence-electron chi connectivity index (χ1n) is 7.21. The zero-order chi connectivity index (χ0) is 13.5. The van der Waals surface area contributed by atoms with Gasteiger partial charge in [0.25, 0.3) is 0 Å². The van der Waals surface area contributed by atoms with Crippen LogP contribution in [0.3, 0.4) is 0 Å². The molecular formula is C14H28N2O2. The molecule has 0 heterocycles. The van der Waals surface area contributed by atoms with Crippen molar-refractivity contribution in [3.05, 3.63) is 0 Å². The highest BCUT2D eigenvalue weighted by atomic mass is 16.3. The number of aliphatic hydroxyl groups is 1. The molecule has 2 atom stereocenters. The molecule has 0 aromatic rings. The number of rotatable bonds is 7. The van der Waals surface area contributed by atoms with Gasteiger partial charge in [-0.2, -0.15) is 0 Å². The van der Waals surface area contributed by atoms with E-state index in [1.165, 1.54) is 25.7 Å². The number of aliphatic hydroxyl groups excluding tert-OH is 1. The number of hydrogen-bond acceptors (Lipinski definition) is 3. The van der Waals surface area contributed by atoms with Crippen LogP contribution in [0.15, 0.2) is 0 Å². The average molecular weight is 256 g/mol. The van der Waals surface area contributed by atoms with Crippen LogP contribution in [0.1, 0.15) is 52.9 Å². The minimum absolute atomic E-state index is 0.00179. The Hall–Kier alpha value is -0.610. The van der Waals surface area contributed by atoms with Crippen molar-refractivity contribution < 1.29 is 9.90 Å². The van der Waals surface area contributed by atoms with Crippen LogP contribution in [0.5, 0.6) is 0 Å². The molecule has 3 N–H and O–H groups in total. The third-order valence-corrected chi connectivity index (χ3v) is 3.56. The maximum atomic E-state index is 11.7. The summed E-state index contributed by atoms with van der Waals surface area (Å²) in [5.74, 6) is 0.680.